The number of rotatable bonds is 11. The molecule has 2 aromatic rings. The van der Waals surface area contributed by atoms with E-state index in [4.69, 9.17) is 0 Å². The second kappa shape index (κ2) is 11.4. The molecule has 2 aromatic carbocycles. The predicted octanol–water partition coefficient (Wildman–Crippen LogP) is 8.69. The van der Waals surface area contributed by atoms with Crippen molar-refractivity contribution in [3.8, 4) is 0 Å². The van der Waals surface area contributed by atoms with Crippen molar-refractivity contribution in [2.75, 3.05) is 0 Å². The molecule has 1 aliphatic carbocycles. The Morgan fingerprint density at radius 3 is 1.61 bits per heavy atom. The van der Waals surface area contributed by atoms with Crippen LogP contribution >= 0.6 is 0 Å². The van der Waals surface area contributed by atoms with Gasteiger partial charge in [-0.2, -0.15) is 0 Å². The van der Waals surface area contributed by atoms with E-state index in [0.29, 0.717) is 0 Å². The molecule has 0 atom stereocenters. The Morgan fingerprint density at radius 1 is 0.643 bits per heavy atom. The third kappa shape index (κ3) is 5.72. The van der Waals surface area contributed by atoms with Crippen LogP contribution in [0, 0.1) is 5.92 Å². The molecule has 0 bridgehead atoms. The zero-order chi connectivity index (χ0) is 19.5. The quantitative estimate of drug-likeness (QED) is 0.344. The van der Waals surface area contributed by atoms with E-state index in [1.807, 2.05) is 0 Å². The van der Waals surface area contributed by atoms with Crippen molar-refractivity contribution < 1.29 is 0 Å². The van der Waals surface area contributed by atoms with Crippen LogP contribution in [-0.2, 0) is 5.41 Å². The average molecular weight is 377 g/mol. The minimum atomic E-state index is 0.234. The van der Waals surface area contributed by atoms with Gasteiger partial charge >= 0.3 is 0 Å². The molecule has 0 aromatic heterocycles. The van der Waals surface area contributed by atoms with Gasteiger partial charge in [-0.15, -0.1) is 0 Å². The largest absolute Gasteiger partial charge is 0.0654 e. The van der Waals surface area contributed by atoms with Crippen LogP contribution in [0.25, 0.3) is 0 Å². The van der Waals surface area contributed by atoms with Gasteiger partial charge in [0.15, 0.2) is 0 Å². The average Bonchev–Trinajstić information content (AvgIpc) is 2.77. The van der Waals surface area contributed by atoms with Crippen LogP contribution in [0.4, 0.5) is 0 Å². The van der Waals surface area contributed by atoms with Crippen molar-refractivity contribution in [2.45, 2.75) is 95.8 Å². The lowest BCUT2D eigenvalue weighted by Crippen LogP contribution is -2.33. The second-order valence-electron chi connectivity index (χ2n) is 9.02. The Kier molecular flexibility index (Phi) is 8.65. The van der Waals surface area contributed by atoms with E-state index >= 15 is 0 Å². The Bertz CT molecular complexity index is 593. The summed E-state index contributed by atoms with van der Waals surface area (Å²) in [7, 11) is 0. The van der Waals surface area contributed by atoms with Gasteiger partial charge in [-0.25, -0.2) is 0 Å². The molecule has 0 saturated heterocycles. The molecule has 0 unspecified atom stereocenters. The topological polar surface area (TPSA) is 0 Å². The van der Waals surface area contributed by atoms with E-state index in [0.717, 1.165) is 5.92 Å². The Labute approximate surface area is 173 Å². The Balaban J connectivity index is 1.49. The zero-order valence-electron chi connectivity index (χ0n) is 18.0. The summed E-state index contributed by atoms with van der Waals surface area (Å²) in [5.74, 6) is 0.945. The summed E-state index contributed by atoms with van der Waals surface area (Å²) < 4.78 is 0. The highest BCUT2D eigenvalue weighted by Crippen LogP contribution is 2.47. The lowest BCUT2D eigenvalue weighted by Gasteiger charge is -2.41. The molecule has 0 aliphatic heterocycles. The third-order valence-electron chi connectivity index (χ3n) is 7.08. The van der Waals surface area contributed by atoms with Gasteiger partial charge in [0.25, 0.3) is 0 Å². The fraction of sp³-hybridized carbons (Fsp3) is 0.571. The summed E-state index contributed by atoms with van der Waals surface area (Å²) in [5, 5.41) is 0. The maximum Gasteiger partial charge on any atom is 0.0203 e. The molecule has 28 heavy (non-hydrogen) atoms. The van der Waals surface area contributed by atoms with Crippen molar-refractivity contribution in [3.63, 3.8) is 0 Å². The van der Waals surface area contributed by atoms with Gasteiger partial charge in [-0.1, -0.05) is 125 Å². The van der Waals surface area contributed by atoms with Crippen molar-refractivity contribution in [1.82, 2.24) is 0 Å². The summed E-state index contributed by atoms with van der Waals surface area (Å²) in [6.45, 7) is 2.30. The van der Waals surface area contributed by atoms with E-state index < -0.39 is 0 Å². The normalized spacial score (nSPS) is 16.9. The summed E-state index contributed by atoms with van der Waals surface area (Å²) in [4.78, 5) is 0. The summed E-state index contributed by atoms with van der Waals surface area (Å²) in [5.41, 5.74) is 3.27. The zero-order valence-corrected chi connectivity index (χ0v) is 18.0. The van der Waals surface area contributed by atoms with Gasteiger partial charge in [0.05, 0.1) is 0 Å². The predicted molar refractivity (Wildman–Crippen MR) is 123 cm³/mol. The maximum atomic E-state index is 2.35. The van der Waals surface area contributed by atoms with Crippen molar-refractivity contribution in [1.29, 1.82) is 0 Å². The number of hydrogen-bond acceptors (Lipinski definition) is 0. The van der Waals surface area contributed by atoms with Gasteiger partial charge in [0, 0.05) is 5.41 Å². The minimum absolute atomic E-state index is 0.234. The Morgan fingerprint density at radius 2 is 1.11 bits per heavy atom. The summed E-state index contributed by atoms with van der Waals surface area (Å²) >= 11 is 0. The molecule has 1 saturated carbocycles. The fourth-order valence-electron chi connectivity index (χ4n) is 5.28. The first-order valence-electron chi connectivity index (χ1n) is 12.0. The van der Waals surface area contributed by atoms with Crippen LogP contribution in [0.15, 0.2) is 60.7 Å². The third-order valence-corrected chi connectivity index (χ3v) is 7.08. The molecule has 1 aliphatic rings. The monoisotopic (exact) mass is 376 g/mol. The maximum absolute atomic E-state index is 2.35. The van der Waals surface area contributed by atoms with E-state index in [9.17, 15) is 0 Å². The van der Waals surface area contributed by atoms with Gasteiger partial charge in [0.1, 0.15) is 0 Å². The number of unbranched alkanes of at least 4 members (excludes halogenated alkanes) is 7. The van der Waals surface area contributed by atoms with Crippen molar-refractivity contribution >= 4 is 0 Å². The highest BCUT2D eigenvalue weighted by atomic mass is 14.4. The van der Waals surface area contributed by atoms with Crippen molar-refractivity contribution in [3.05, 3.63) is 71.8 Å². The molecule has 0 radical (unpaired) electrons. The minimum Gasteiger partial charge on any atom is -0.0654 e. The molecule has 0 amide bonds. The first-order chi connectivity index (χ1) is 13.8. The van der Waals surface area contributed by atoms with Gasteiger partial charge in [-0.05, 0) is 42.7 Å². The lowest BCUT2D eigenvalue weighted by atomic mass is 9.62. The van der Waals surface area contributed by atoms with E-state index in [1.54, 1.807) is 0 Å². The Hall–Kier alpha value is -1.56. The summed E-state index contributed by atoms with van der Waals surface area (Å²) in [6.07, 6.45) is 18.3. The van der Waals surface area contributed by atoms with E-state index in [2.05, 4.69) is 67.6 Å². The molecule has 1 fully saturated rings. The molecule has 0 N–H and O–H groups in total. The highest BCUT2D eigenvalue weighted by molar-refractivity contribution is 5.39. The van der Waals surface area contributed by atoms with Crippen LogP contribution < -0.4 is 0 Å². The SMILES string of the molecule is CCCCCCCCCCC1CCC(c2ccccc2)(c2ccccc2)CC1. The van der Waals surface area contributed by atoms with Crippen LogP contribution in [-0.4, -0.2) is 0 Å². The van der Waals surface area contributed by atoms with Crippen LogP contribution in [0.5, 0.6) is 0 Å². The van der Waals surface area contributed by atoms with Gasteiger partial charge in [-0.3, -0.25) is 0 Å². The van der Waals surface area contributed by atoms with Crippen LogP contribution in [0.3, 0.4) is 0 Å². The summed E-state index contributed by atoms with van der Waals surface area (Å²) in [6, 6.07) is 22.6. The lowest BCUT2D eigenvalue weighted by molar-refractivity contribution is 0.250. The standard InChI is InChI=1S/C28H40/c1-2-3-4-5-6-7-8-11-16-25-21-23-28(24-22-25,26-17-12-9-13-18-26)27-19-14-10-15-20-27/h9-10,12-15,17-20,25H,2-8,11,16,21-24H2,1H3. The smallest absolute Gasteiger partial charge is 0.0203 e. The molecule has 3 rings (SSSR count). The highest BCUT2D eigenvalue weighted by Gasteiger charge is 2.37. The number of benzene rings is 2. The molecule has 0 nitrogen and oxygen atoms in total. The van der Waals surface area contributed by atoms with Gasteiger partial charge < -0.3 is 0 Å². The number of hydrogen-bond donors (Lipinski definition) is 0. The molecular weight excluding hydrogens is 336 g/mol. The van der Waals surface area contributed by atoms with Gasteiger partial charge in [0.2, 0.25) is 0 Å². The fourth-order valence-corrected chi connectivity index (χ4v) is 5.28. The second-order valence-corrected chi connectivity index (χ2v) is 9.02. The molecule has 0 heterocycles. The van der Waals surface area contributed by atoms with E-state index in [-0.39, 0.29) is 5.41 Å². The van der Waals surface area contributed by atoms with Crippen LogP contribution in [0.1, 0.15) is 102 Å². The molecule has 152 valence electrons. The first kappa shape index (κ1) is 21.2. The van der Waals surface area contributed by atoms with Crippen LogP contribution in [0.2, 0.25) is 0 Å². The first-order valence-corrected chi connectivity index (χ1v) is 12.0. The molecule has 0 spiro atoms. The molecule has 0 heteroatoms. The molecular formula is C28H40. The van der Waals surface area contributed by atoms with Crippen molar-refractivity contribution in [2.24, 2.45) is 5.92 Å². The van der Waals surface area contributed by atoms with E-state index in [1.165, 1.54) is 94.6 Å².